The zero-order chi connectivity index (χ0) is 10.6. The Morgan fingerprint density at radius 1 is 1.57 bits per heavy atom. The number of hydrogen-bond donors (Lipinski definition) is 1. The summed E-state index contributed by atoms with van der Waals surface area (Å²) in [5.74, 6) is 0.423. The number of nitrogens with zero attached hydrogens (tertiary/aromatic N) is 1. The summed E-state index contributed by atoms with van der Waals surface area (Å²) >= 11 is 0. The molecule has 0 aromatic carbocycles. The van der Waals surface area contributed by atoms with Crippen LogP contribution in [0.15, 0.2) is 22.8 Å². The minimum atomic E-state index is -0.676. The molecule has 0 fully saturated rings. The van der Waals surface area contributed by atoms with E-state index < -0.39 is 6.04 Å². The third-order valence-corrected chi connectivity index (χ3v) is 2.19. The van der Waals surface area contributed by atoms with Gasteiger partial charge in [0.2, 0.25) is 5.91 Å². The van der Waals surface area contributed by atoms with E-state index in [1.165, 1.54) is 6.26 Å². The lowest BCUT2D eigenvalue weighted by Gasteiger charge is -2.21. The smallest absolute Gasteiger partial charge is 0.247 e. The highest BCUT2D eigenvalue weighted by molar-refractivity contribution is 5.82. The highest BCUT2D eigenvalue weighted by Crippen LogP contribution is 2.13. The van der Waals surface area contributed by atoms with Gasteiger partial charge in [0.15, 0.2) is 0 Å². The number of hydrogen-bond acceptors (Lipinski definition) is 3. The van der Waals surface area contributed by atoms with Crippen molar-refractivity contribution in [3.63, 3.8) is 0 Å². The Kier molecular flexibility index (Phi) is 3.71. The van der Waals surface area contributed by atoms with E-state index in [4.69, 9.17) is 10.2 Å². The third-order valence-electron chi connectivity index (χ3n) is 2.19. The summed E-state index contributed by atoms with van der Waals surface area (Å²) in [6, 6.07) is 2.77. The second kappa shape index (κ2) is 4.81. The van der Waals surface area contributed by atoms with Crippen LogP contribution in [0.5, 0.6) is 0 Å². The molecule has 2 N–H and O–H groups in total. The van der Waals surface area contributed by atoms with Crippen molar-refractivity contribution < 1.29 is 9.21 Å². The van der Waals surface area contributed by atoms with Gasteiger partial charge < -0.3 is 15.1 Å². The second-order valence-corrected chi connectivity index (χ2v) is 3.00. The van der Waals surface area contributed by atoms with E-state index in [0.717, 1.165) is 0 Å². The molecule has 14 heavy (non-hydrogen) atoms. The van der Waals surface area contributed by atoms with Crippen molar-refractivity contribution in [2.24, 2.45) is 5.73 Å². The molecule has 0 aliphatic rings. The van der Waals surface area contributed by atoms with Gasteiger partial charge in [0.05, 0.1) is 6.26 Å². The molecule has 0 radical (unpaired) electrons. The number of likely N-dealkylation sites (N-methyl/N-ethyl adjacent to an activating group) is 1. The number of furan rings is 1. The molecule has 0 aliphatic heterocycles. The van der Waals surface area contributed by atoms with Gasteiger partial charge in [0, 0.05) is 13.1 Å². The van der Waals surface area contributed by atoms with Gasteiger partial charge in [-0.3, -0.25) is 4.79 Å². The molecule has 0 saturated heterocycles. The number of rotatable bonds is 4. The fourth-order valence-electron chi connectivity index (χ4n) is 1.32. The summed E-state index contributed by atoms with van der Waals surface area (Å²) in [5.41, 5.74) is 5.75. The van der Waals surface area contributed by atoms with E-state index in [2.05, 4.69) is 0 Å². The summed E-state index contributed by atoms with van der Waals surface area (Å²) in [6.45, 7) is 5.19. The Morgan fingerprint density at radius 3 is 2.64 bits per heavy atom. The van der Waals surface area contributed by atoms with Crippen LogP contribution in [0.4, 0.5) is 0 Å². The van der Waals surface area contributed by atoms with Gasteiger partial charge in [-0.1, -0.05) is 0 Å². The second-order valence-electron chi connectivity index (χ2n) is 3.00. The minimum absolute atomic E-state index is 0.0926. The van der Waals surface area contributed by atoms with Crippen LogP contribution in [0.2, 0.25) is 0 Å². The lowest BCUT2D eigenvalue weighted by Crippen LogP contribution is -2.38. The quantitative estimate of drug-likeness (QED) is 0.785. The van der Waals surface area contributed by atoms with Crippen LogP contribution in [0, 0.1) is 0 Å². The first-order valence-corrected chi connectivity index (χ1v) is 4.78. The summed E-state index contributed by atoms with van der Waals surface area (Å²) in [7, 11) is 0. The maximum atomic E-state index is 11.7. The maximum absolute atomic E-state index is 11.7. The summed E-state index contributed by atoms with van der Waals surface area (Å²) in [6.07, 6.45) is 1.52. The van der Waals surface area contributed by atoms with Crippen molar-refractivity contribution in [2.75, 3.05) is 13.1 Å². The highest BCUT2D eigenvalue weighted by Gasteiger charge is 2.22. The Labute approximate surface area is 83.7 Å². The molecular formula is C10H16N2O2. The average Bonchev–Trinajstić information content (AvgIpc) is 2.71. The Hall–Kier alpha value is -1.29. The SMILES string of the molecule is CCN(CC)C(=O)C(N)c1ccco1. The largest absolute Gasteiger partial charge is 0.467 e. The van der Waals surface area contributed by atoms with Gasteiger partial charge in [-0.2, -0.15) is 0 Å². The number of nitrogens with two attached hydrogens (primary N) is 1. The summed E-state index contributed by atoms with van der Waals surface area (Å²) < 4.78 is 5.08. The fourth-order valence-corrected chi connectivity index (χ4v) is 1.32. The topological polar surface area (TPSA) is 59.5 Å². The first-order valence-electron chi connectivity index (χ1n) is 4.78. The van der Waals surface area contributed by atoms with Crippen molar-refractivity contribution in [1.82, 2.24) is 4.90 Å². The van der Waals surface area contributed by atoms with Crippen molar-refractivity contribution in [1.29, 1.82) is 0 Å². The highest BCUT2D eigenvalue weighted by atomic mass is 16.3. The molecule has 78 valence electrons. The van der Waals surface area contributed by atoms with Crippen LogP contribution in [0.25, 0.3) is 0 Å². The fraction of sp³-hybridized carbons (Fsp3) is 0.500. The molecule has 1 atom stereocenters. The summed E-state index contributed by atoms with van der Waals surface area (Å²) in [5, 5.41) is 0. The molecule has 0 saturated carbocycles. The molecule has 0 spiro atoms. The van der Waals surface area contributed by atoms with Gasteiger partial charge in [0.25, 0.3) is 0 Å². The van der Waals surface area contributed by atoms with E-state index in [1.54, 1.807) is 17.0 Å². The van der Waals surface area contributed by atoms with Crippen LogP contribution in [0.1, 0.15) is 25.6 Å². The number of carbonyl (C=O) groups excluding carboxylic acids is 1. The molecule has 0 bridgehead atoms. The molecule has 4 nitrogen and oxygen atoms in total. The van der Waals surface area contributed by atoms with E-state index in [-0.39, 0.29) is 5.91 Å². The van der Waals surface area contributed by atoms with Gasteiger partial charge in [-0.15, -0.1) is 0 Å². The zero-order valence-corrected chi connectivity index (χ0v) is 8.56. The zero-order valence-electron chi connectivity index (χ0n) is 8.56. The molecule has 1 aromatic rings. The molecule has 1 rings (SSSR count). The predicted molar refractivity (Wildman–Crippen MR) is 53.6 cm³/mol. The van der Waals surface area contributed by atoms with E-state index in [9.17, 15) is 4.79 Å². The van der Waals surface area contributed by atoms with Crippen LogP contribution in [-0.2, 0) is 4.79 Å². The van der Waals surface area contributed by atoms with Crippen molar-refractivity contribution in [2.45, 2.75) is 19.9 Å². The number of amides is 1. The first kappa shape index (κ1) is 10.8. The predicted octanol–water partition coefficient (Wildman–Crippen LogP) is 1.15. The van der Waals surface area contributed by atoms with Crippen LogP contribution in [-0.4, -0.2) is 23.9 Å². The Morgan fingerprint density at radius 2 is 2.21 bits per heavy atom. The monoisotopic (exact) mass is 196 g/mol. The normalized spacial score (nSPS) is 12.5. The molecule has 1 unspecified atom stereocenters. The van der Waals surface area contributed by atoms with Gasteiger partial charge in [-0.05, 0) is 26.0 Å². The van der Waals surface area contributed by atoms with Crippen molar-refractivity contribution >= 4 is 5.91 Å². The van der Waals surface area contributed by atoms with Gasteiger partial charge in [0.1, 0.15) is 11.8 Å². The van der Waals surface area contributed by atoms with E-state index >= 15 is 0 Å². The molecular weight excluding hydrogens is 180 g/mol. The van der Waals surface area contributed by atoms with Crippen LogP contribution < -0.4 is 5.73 Å². The van der Waals surface area contributed by atoms with Crippen LogP contribution in [0.3, 0.4) is 0 Å². The Balaban J connectivity index is 2.69. The van der Waals surface area contributed by atoms with Crippen molar-refractivity contribution in [3.05, 3.63) is 24.2 Å². The van der Waals surface area contributed by atoms with E-state index in [1.807, 2.05) is 13.8 Å². The molecule has 1 aromatic heterocycles. The minimum Gasteiger partial charge on any atom is -0.467 e. The Bertz CT molecular complexity index is 278. The van der Waals surface area contributed by atoms with E-state index in [0.29, 0.717) is 18.8 Å². The number of carbonyl (C=O) groups is 1. The average molecular weight is 196 g/mol. The van der Waals surface area contributed by atoms with Gasteiger partial charge in [-0.25, -0.2) is 0 Å². The summed E-state index contributed by atoms with van der Waals surface area (Å²) in [4.78, 5) is 13.4. The first-order chi connectivity index (χ1) is 6.70. The molecule has 4 heteroatoms. The maximum Gasteiger partial charge on any atom is 0.247 e. The standard InChI is InChI=1S/C10H16N2O2/c1-3-12(4-2)10(13)9(11)8-6-5-7-14-8/h5-7,9H,3-4,11H2,1-2H3. The lowest BCUT2D eigenvalue weighted by atomic mass is 10.2. The lowest BCUT2D eigenvalue weighted by molar-refractivity contribution is -0.132. The van der Waals surface area contributed by atoms with Gasteiger partial charge >= 0.3 is 0 Å². The third kappa shape index (κ3) is 2.14. The van der Waals surface area contributed by atoms with Crippen molar-refractivity contribution in [3.8, 4) is 0 Å². The van der Waals surface area contributed by atoms with Crippen LogP contribution >= 0.6 is 0 Å². The molecule has 0 aliphatic carbocycles. The molecule has 1 amide bonds. The molecule has 1 heterocycles.